The van der Waals surface area contributed by atoms with Crippen LogP contribution in [0.2, 0.25) is 0 Å². The lowest BCUT2D eigenvalue weighted by molar-refractivity contribution is 0.332. The van der Waals surface area contributed by atoms with Crippen molar-refractivity contribution in [2.24, 2.45) is 0 Å². The van der Waals surface area contributed by atoms with Crippen molar-refractivity contribution in [1.29, 1.82) is 0 Å². The number of fused-ring (bicyclic) bond motifs is 1. The van der Waals surface area contributed by atoms with Crippen LogP contribution in [-0.4, -0.2) is 34.4 Å². The molecular formula is C21H17FN4O3S. The van der Waals surface area contributed by atoms with Gasteiger partial charge in [-0.25, -0.2) is 12.8 Å². The van der Waals surface area contributed by atoms with Gasteiger partial charge in [0.15, 0.2) is 0 Å². The molecule has 0 aliphatic carbocycles. The van der Waals surface area contributed by atoms with Crippen LogP contribution in [0.4, 0.5) is 4.39 Å². The van der Waals surface area contributed by atoms with E-state index in [1.807, 2.05) is 30.3 Å². The molecule has 0 unspecified atom stereocenters. The molecule has 0 saturated carbocycles. The van der Waals surface area contributed by atoms with Crippen LogP contribution in [0.3, 0.4) is 0 Å². The number of hydrogen-bond donors (Lipinski definition) is 0. The van der Waals surface area contributed by atoms with Gasteiger partial charge in [-0.1, -0.05) is 30.3 Å². The van der Waals surface area contributed by atoms with E-state index in [2.05, 4.69) is 15.2 Å². The highest BCUT2D eigenvalue weighted by Gasteiger charge is 2.39. The molecule has 0 bridgehead atoms. The Morgan fingerprint density at radius 3 is 2.80 bits per heavy atom. The van der Waals surface area contributed by atoms with Gasteiger partial charge in [0.25, 0.3) is 5.89 Å². The molecule has 1 saturated heterocycles. The highest BCUT2D eigenvalue weighted by atomic mass is 32.2. The summed E-state index contributed by atoms with van der Waals surface area (Å²) >= 11 is 0. The van der Waals surface area contributed by atoms with Crippen molar-refractivity contribution >= 4 is 20.8 Å². The largest absolute Gasteiger partial charge is 0.417 e. The van der Waals surface area contributed by atoms with E-state index in [1.54, 1.807) is 6.20 Å². The van der Waals surface area contributed by atoms with E-state index in [0.29, 0.717) is 25.1 Å². The second-order valence-electron chi connectivity index (χ2n) is 7.06. The highest BCUT2D eigenvalue weighted by molar-refractivity contribution is 7.89. The SMILES string of the molecule is O=S(=O)(c1cccc(F)c1)N1CCC[C@H]1c1nnc(-c2nccc3ccccc23)o1. The molecule has 152 valence electrons. The third-order valence-electron chi connectivity index (χ3n) is 5.21. The Hall–Kier alpha value is -3.17. The molecule has 9 heteroatoms. The van der Waals surface area contributed by atoms with Crippen molar-refractivity contribution in [1.82, 2.24) is 19.5 Å². The molecule has 1 aliphatic heterocycles. The van der Waals surface area contributed by atoms with Gasteiger partial charge in [0, 0.05) is 18.1 Å². The molecule has 1 fully saturated rings. The van der Waals surface area contributed by atoms with Gasteiger partial charge in [0.05, 0.1) is 4.90 Å². The first-order chi connectivity index (χ1) is 14.5. The van der Waals surface area contributed by atoms with Gasteiger partial charge >= 0.3 is 0 Å². The molecule has 2 aromatic heterocycles. The number of rotatable bonds is 4. The van der Waals surface area contributed by atoms with E-state index in [4.69, 9.17) is 4.42 Å². The van der Waals surface area contributed by atoms with Crippen LogP contribution < -0.4 is 0 Å². The molecule has 3 heterocycles. The second kappa shape index (κ2) is 7.26. The van der Waals surface area contributed by atoms with Crippen LogP contribution in [0.1, 0.15) is 24.8 Å². The van der Waals surface area contributed by atoms with Gasteiger partial charge in [0.1, 0.15) is 17.6 Å². The minimum absolute atomic E-state index is 0.0927. The van der Waals surface area contributed by atoms with E-state index >= 15 is 0 Å². The summed E-state index contributed by atoms with van der Waals surface area (Å²) in [6.07, 6.45) is 2.85. The summed E-state index contributed by atoms with van der Waals surface area (Å²) in [5, 5.41) is 10.1. The van der Waals surface area contributed by atoms with Crippen LogP contribution in [0.25, 0.3) is 22.4 Å². The summed E-state index contributed by atoms with van der Waals surface area (Å²) in [4.78, 5) is 4.28. The number of sulfonamides is 1. The molecule has 5 rings (SSSR count). The van der Waals surface area contributed by atoms with E-state index in [-0.39, 0.29) is 16.7 Å². The number of hydrogen-bond acceptors (Lipinski definition) is 6. The smallest absolute Gasteiger partial charge is 0.266 e. The first-order valence-electron chi connectivity index (χ1n) is 9.49. The topological polar surface area (TPSA) is 89.2 Å². The molecule has 0 radical (unpaired) electrons. The summed E-state index contributed by atoms with van der Waals surface area (Å²) in [6, 6.07) is 14.0. The first kappa shape index (κ1) is 18.8. The lowest BCUT2D eigenvalue weighted by Crippen LogP contribution is -2.31. The lowest BCUT2D eigenvalue weighted by Gasteiger charge is -2.21. The van der Waals surface area contributed by atoms with Crippen LogP contribution in [0, 0.1) is 5.82 Å². The van der Waals surface area contributed by atoms with Gasteiger partial charge in [0.2, 0.25) is 15.9 Å². The zero-order valence-electron chi connectivity index (χ0n) is 15.8. The predicted molar refractivity (Wildman–Crippen MR) is 107 cm³/mol. The van der Waals surface area contributed by atoms with Crippen LogP contribution >= 0.6 is 0 Å². The van der Waals surface area contributed by atoms with Gasteiger partial charge in [-0.3, -0.25) is 4.98 Å². The van der Waals surface area contributed by atoms with Gasteiger partial charge in [-0.15, -0.1) is 10.2 Å². The highest BCUT2D eigenvalue weighted by Crippen LogP contribution is 2.37. The first-order valence-corrected chi connectivity index (χ1v) is 10.9. The third-order valence-corrected chi connectivity index (χ3v) is 7.11. The summed E-state index contributed by atoms with van der Waals surface area (Å²) < 4.78 is 46.9. The molecule has 0 spiro atoms. The number of aromatic nitrogens is 3. The maximum Gasteiger partial charge on any atom is 0.266 e. The molecule has 0 amide bonds. The average molecular weight is 424 g/mol. The fourth-order valence-electron chi connectivity index (χ4n) is 3.79. The summed E-state index contributed by atoms with van der Waals surface area (Å²) in [5.74, 6) is -0.164. The summed E-state index contributed by atoms with van der Waals surface area (Å²) in [5.41, 5.74) is 0.546. The van der Waals surface area contributed by atoms with Gasteiger partial charge < -0.3 is 4.42 Å². The quantitative estimate of drug-likeness (QED) is 0.493. The van der Waals surface area contributed by atoms with Crippen molar-refractivity contribution < 1.29 is 17.2 Å². The third kappa shape index (κ3) is 3.16. The van der Waals surface area contributed by atoms with Crippen LogP contribution in [-0.2, 0) is 10.0 Å². The maximum atomic E-state index is 13.6. The van der Waals surface area contributed by atoms with Crippen molar-refractivity contribution in [3.8, 4) is 11.6 Å². The Morgan fingerprint density at radius 1 is 1.07 bits per heavy atom. The zero-order valence-corrected chi connectivity index (χ0v) is 16.6. The zero-order chi connectivity index (χ0) is 20.7. The molecule has 7 nitrogen and oxygen atoms in total. The Kier molecular flexibility index (Phi) is 4.56. The molecule has 30 heavy (non-hydrogen) atoms. The average Bonchev–Trinajstić information content (AvgIpc) is 3.43. The Labute approximate surface area is 172 Å². The minimum atomic E-state index is -3.90. The van der Waals surface area contributed by atoms with Gasteiger partial charge in [-0.05, 0) is 42.5 Å². The van der Waals surface area contributed by atoms with Crippen molar-refractivity contribution in [2.75, 3.05) is 6.54 Å². The molecule has 1 atom stereocenters. The van der Waals surface area contributed by atoms with E-state index in [0.717, 1.165) is 16.8 Å². The molecular weight excluding hydrogens is 407 g/mol. The van der Waals surface area contributed by atoms with Crippen molar-refractivity contribution in [3.63, 3.8) is 0 Å². The normalized spacial score (nSPS) is 17.6. The van der Waals surface area contributed by atoms with Crippen LogP contribution in [0.15, 0.2) is 70.1 Å². The molecule has 2 aromatic carbocycles. The number of pyridine rings is 1. The van der Waals surface area contributed by atoms with E-state index in [1.165, 1.54) is 22.5 Å². The fraction of sp³-hybridized carbons (Fsp3) is 0.190. The maximum absolute atomic E-state index is 13.6. The predicted octanol–water partition coefficient (Wildman–Crippen LogP) is 3.95. The number of benzene rings is 2. The second-order valence-corrected chi connectivity index (χ2v) is 8.95. The molecule has 0 N–H and O–H groups in total. The fourth-order valence-corrected chi connectivity index (χ4v) is 5.48. The van der Waals surface area contributed by atoms with Crippen molar-refractivity contribution in [3.05, 3.63) is 72.5 Å². The lowest BCUT2D eigenvalue weighted by atomic mass is 10.1. The van der Waals surface area contributed by atoms with Gasteiger partial charge in [-0.2, -0.15) is 4.31 Å². The van der Waals surface area contributed by atoms with E-state index in [9.17, 15) is 12.8 Å². The summed E-state index contributed by atoms with van der Waals surface area (Å²) in [7, 11) is -3.90. The Morgan fingerprint density at radius 2 is 1.93 bits per heavy atom. The molecule has 1 aliphatic rings. The summed E-state index contributed by atoms with van der Waals surface area (Å²) in [6.45, 7) is 0.299. The minimum Gasteiger partial charge on any atom is -0.417 e. The Bertz CT molecular complexity index is 1330. The van der Waals surface area contributed by atoms with Crippen LogP contribution in [0.5, 0.6) is 0 Å². The molecule has 4 aromatic rings. The van der Waals surface area contributed by atoms with Crippen molar-refractivity contribution in [2.45, 2.75) is 23.8 Å². The number of halogens is 1. The standard InChI is InChI=1S/C21H17FN4O3S/c22-15-6-3-7-16(13-15)30(27,28)26-12-4-9-18(26)20-24-25-21(29-20)19-17-8-2-1-5-14(17)10-11-23-19/h1-3,5-8,10-11,13,18H,4,9,12H2/t18-/m0/s1. The number of nitrogens with zero attached hydrogens (tertiary/aromatic N) is 4. The monoisotopic (exact) mass is 424 g/mol. The van der Waals surface area contributed by atoms with E-state index < -0.39 is 21.9 Å². The Balaban J connectivity index is 1.51.